The van der Waals surface area contributed by atoms with E-state index in [0.717, 1.165) is 4.47 Å². The number of carbonyl (C=O) groups is 1. The number of nitrogens with one attached hydrogen (secondary N) is 1. The fourth-order valence-electron chi connectivity index (χ4n) is 1.48. The predicted octanol–water partition coefficient (Wildman–Crippen LogP) is 5.43. The molecule has 0 aliphatic rings. The van der Waals surface area contributed by atoms with Crippen molar-refractivity contribution >= 4 is 62.3 Å². The van der Waals surface area contributed by atoms with Gasteiger partial charge in [0.05, 0.1) is 20.8 Å². The van der Waals surface area contributed by atoms with Crippen LogP contribution in [0.5, 0.6) is 5.75 Å². The number of rotatable bonds is 4. The fraction of sp³-hybridized carbons (Fsp3) is 0.0714. The summed E-state index contributed by atoms with van der Waals surface area (Å²) < 4.78 is 6.29. The van der Waals surface area contributed by atoms with Crippen LogP contribution in [0.1, 0.15) is 0 Å². The molecule has 0 aliphatic heterocycles. The Morgan fingerprint density at radius 3 is 2.33 bits per heavy atom. The van der Waals surface area contributed by atoms with Gasteiger partial charge in [0.1, 0.15) is 5.75 Å². The molecule has 3 nitrogen and oxygen atoms in total. The normalized spacial score (nSPS) is 10.3. The van der Waals surface area contributed by atoms with E-state index in [2.05, 4.69) is 21.2 Å². The molecule has 0 heterocycles. The molecule has 21 heavy (non-hydrogen) atoms. The van der Waals surface area contributed by atoms with Gasteiger partial charge < -0.3 is 10.1 Å². The molecule has 1 amide bonds. The molecular formula is C14H9BrCl3NO2. The minimum absolute atomic E-state index is 0.141. The molecule has 0 atom stereocenters. The Morgan fingerprint density at radius 2 is 1.67 bits per heavy atom. The van der Waals surface area contributed by atoms with Crippen molar-refractivity contribution in [2.75, 3.05) is 11.9 Å². The average molecular weight is 409 g/mol. The first-order valence-electron chi connectivity index (χ1n) is 5.78. The van der Waals surface area contributed by atoms with Crippen LogP contribution in [0.15, 0.2) is 40.9 Å². The second-order valence-corrected chi connectivity index (χ2v) is 6.17. The number of hydrogen-bond acceptors (Lipinski definition) is 2. The van der Waals surface area contributed by atoms with E-state index in [9.17, 15) is 4.79 Å². The first kappa shape index (κ1) is 16.4. The molecule has 0 bridgehead atoms. The van der Waals surface area contributed by atoms with Gasteiger partial charge in [-0.05, 0) is 36.4 Å². The quantitative estimate of drug-likeness (QED) is 0.684. The lowest BCUT2D eigenvalue weighted by Gasteiger charge is -2.10. The number of benzene rings is 2. The van der Waals surface area contributed by atoms with Gasteiger partial charge in [0.2, 0.25) is 0 Å². The highest BCUT2D eigenvalue weighted by Crippen LogP contribution is 2.32. The van der Waals surface area contributed by atoms with Crippen molar-refractivity contribution in [3.63, 3.8) is 0 Å². The van der Waals surface area contributed by atoms with Gasteiger partial charge in [-0.3, -0.25) is 4.79 Å². The van der Waals surface area contributed by atoms with Gasteiger partial charge in [0.25, 0.3) is 5.91 Å². The number of anilines is 1. The van der Waals surface area contributed by atoms with Crippen LogP contribution < -0.4 is 10.1 Å². The Hall–Kier alpha value is -0.940. The van der Waals surface area contributed by atoms with E-state index >= 15 is 0 Å². The molecule has 0 saturated heterocycles. The van der Waals surface area contributed by atoms with Gasteiger partial charge in [-0.2, -0.15) is 0 Å². The molecule has 0 aromatic heterocycles. The molecule has 0 radical (unpaired) electrons. The van der Waals surface area contributed by atoms with Crippen molar-refractivity contribution < 1.29 is 9.53 Å². The summed E-state index contributed by atoms with van der Waals surface area (Å²) >= 11 is 21.0. The Balaban J connectivity index is 1.96. The molecule has 1 N–H and O–H groups in total. The highest BCUT2D eigenvalue weighted by molar-refractivity contribution is 9.10. The largest absolute Gasteiger partial charge is 0.484 e. The average Bonchev–Trinajstić information content (AvgIpc) is 2.44. The van der Waals surface area contributed by atoms with Crippen LogP contribution in [0.3, 0.4) is 0 Å². The number of carbonyl (C=O) groups excluding carboxylic acids is 1. The van der Waals surface area contributed by atoms with Crippen LogP contribution in [0.4, 0.5) is 5.69 Å². The summed E-state index contributed by atoms with van der Waals surface area (Å²) in [6.07, 6.45) is 0. The van der Waals surface area contributed by atoms with Crippen molar-refractivity contribution in [1.29, 1.82) is 0 Å². The first-order valence-corrected chi connectivity index (χ1v) is 7.71. The summed E-state index contributed by atoms with van der Waals surface area (Å²) in [4.78, 5) is 11.8. The summed E-state index contributed by atoms with van der Waals surface area (Å²) in [6, 6.07) is 10.1. The number of halogens is 4. The third-order valence-electron chi connectivity index (χ3n) is 2.47. The van der Waals surface area contributed by atoms with Gasteiger partial charge in [0, 0.05) is 4.47 Å². The second kappa shape index (κ2) is 7.36. The molecule has 2 rings (SSSR count). The monoisotopic (exact) mass is 407 g/mol. The Labute approximate surface area is 145 Å². The lowest BCUT2D eigenvalue weighted by Crippen LogP contribution is -2.20. The Morgan fingerprint density at radius 1 is 1.05 bits per heavy atom. The summed E-state index contributed by atoms with van der Waals surface area (Å²) in [5, 5.41) is 3.55. The number of ether oxygens (including phenoxy) is 1. The SMILES string of the molecule is O=C(COc1ccc(Br)cc1)Nc1cc(Cl)c(Cl)cc1Cl. The van der Waals surface area contributed by atoms with Crippen LogP contribution in [0.2, 0.25) is 15.1 Å². The smallest absolute Gasteiger partial charge is 0.262 e. The third-order valence-corrected chi connectivity index (χ3v) is 4.03. The fourth-order valence-corrected chi connectivity index (χ4v) is 2.34. The van der Waals surface area contributed by atoms with Gasteiger partial charge in [-0.25, -0.2) is 0 Å². The van der Waals surface area contributed by atoms with Crippen LogP contribution in [-0.2, 0) is 4.79 Å². The first-order chi connectivity index (χ1) is 9.95. The number of amides is 1. The van der Waals surface area contributed by atoms with Gasteiger partial charge >= 0.3 is 0 Å². The molecule has 0 saturated carbocycles. The van der Waals surface area contributed by atoms with Crippen LogP contribution in [-0.4, -0.2) is 12.5 Å². The van der Waals surface area contributed by atoms with Gasteiger partial charge in [0.15, 0.2) is 6.61 Å². The zero-order chi connectivity index (χ0) is 15.4. The van der Waals surface area contributed by atoms with Gasteiger partial charge in [-0.15, -0.1) is 0 Å². The lowest BCUT2D eigenvalue weighted by atomic mass is 10.3. The lowest BCUT2D eigenvalue weighted by molar-refractivity contribution is -0.118. The molecule has 0 spiro atoms. The topological polar surface area (TPSA) is 38.3 Å². The highest BCUT2D eigenvalue weighted by atomic mass is 79.9. The summed E-state index contributed by atoms with van der Waals surface area (Å²) in [7, 11) is 0. The van der Waals surface area contributed by atoms with E-state index in [1.165, 1.54) is 12.1 Å². The van der Waals surface area contributed by atoms with E-state index in [1.807, 2.05) is 12.1 Å². The van der Waals surface area contributed by atoms with E-state index in [-0.39, 0.29) is 12.5 Å². The molecule has 0 fully saturated rings. The minimum atomic E-state index is -0.349. The van der Waals surface area contributed by atoms with Crippen molar-refractivity contribution in [2.24, 2.45) is 0 Å². The van der Waals surface area contributed by atoms with E-state index < -0.39 is 0 Å². The van der Waals surface area contributed by atoms with Crippen LogP contribution >= 0.6 is 50.7 Å². The predicted molar refractivity (Wildman–Crippen MR) is 89.7 cm³/mol. The highest BCUT2D eigenvalue weighted by Gasteiger charge is 2.10. The minimum Gasteiger partial charge on any atom is -0.484 e. The third kappa shape index (κ3) is 4.78. The standard InChI is InChI=1S/C14H9BrCl3NO2/c15-8-1-3-9(4-2-8)21-7-14(20)19-13-6-11(17)10(16)5-12(13)18/h1-6H,7H2,(H,19,20). The summed E-state index contributed by atoms with van der Waals surface area (Å²) in [5.41, 5.74) is 0.385. The maximum Gasteiger partial charge on any atom is 0.262 e. The molecule has 7 heteroatoms. The number of hydrogen-bond donors (Lipinski definition) is 1. The zero-order valence-electron chi connectivity index (χ0n) is 10.5. The maximum atomic E-state index is 11.8. The molecule has 2 aromatic carbocycles. The molecule has 2 aromatic rings. The second-order valence-electron chi connectivity index (χ2n) is 4.04. The zero-order valence-corrected chi connectivity index (χ0v) is 14.4. The molecule has 0 unspecified atom stereocenters. The van der Waals surface area contributed by atoms with Crippen molar-refractivity contribution in [1.82, 2.24) is 0 Å². The van der Waals surface area contributed by atoms with E-state index in [1.54, 1.807) is 12.1 Å². The molecular weight excluding hydrogens is 400 g/mol. The van der Waals surface area contributed by atoms with E-state index in [0.29, 0.717) is 26.5 Å². The van der Waals surface area contributed by atoms with Crippen molar-refractivity contribution in [3.8, 4) is 5.75 Å². The van der Waals surface area contributed by atoms with Gasteiger partial charge in [-0.1, -0.05) is 50.7 Å². The molecule has 0 aliphatic carbocycles. The summed E-state index contributed by atoms with van der Waals surface area (Å²) in [6.45, 7) is -0.141. The van der Waals surface area contributed by atoms with E-state index in [4.69, 9.17) is 39.5 Å². The van der Waals surface area contributed by atoms with Crippen molar-refractivity contribution in [3.05, 3.63) is 55.9 Å². The van der Waals surface area contributed by atoms with Crippen molar-refractivity contribution in [2.45, 2.75) is 0 Å². The Kier molecular flexibility index (Phi) is 5.76. The molecule has 110 valence electrons. The Bertz CT molecular complexity index is 662. The summed E-state index contributed by atoms with van der Waals surface area (Å²) in [5.74, 6) is 0.242. The van der Waals surface area contributed by atoms with Crippen LogP contribution in [0, 0.1) is 0 Å². The van der Waals surface area contributed by atoms with Crippen LogP contribution in [0.25, 0.3) is 0 Å². The maximum absolute atomic E-state index is 11.8.